The molecular formula is C19H17ClN2. The summed E-state index contributed by atoms with van der Waals surface area (Å²) in [6.45, 7) is 4.08. The molecule has 110 valence electrons. The normalized spacial score (nSPS) is 10.7. The summed E-state index contributed by atoms with van der Waals surface area (Å²) in [6, 6.07) is 18.3. The summed E-state index contributed by atoms with van der Waals surface area (Å²) in [4.78, 5) is 9.10. The Balaban J connectivity index is 1.97. The van der Waals surface area contributed by atoms with E-state index in [2.05, 4.69) is 41.2 Å². The van der Waals surface area contributed by atoms with Gasteiger partial charge < -0.3 is 0 Å². The average molecular weight is 309 g/mol. The van der Waals surface area contributed by atoms with Crippen LogP contribution in [0, 0.1) is 13.8 Å². The molecule has 3 rings (SSSR count). The maximum absolute atomic E-state index is 6.42. The number of hydrogen-bond acceptors (Lipinski definition) is 2. The highest BCUT2D eigenvalue weighted by Crippen LogP contribution is 2.24. The van der Waals surface area contributed by atoms with E-state index in [0.29, 0.717) is 11.0 Å². The van der Waals surface area contributed by atoms with Crippen molar-refractivity contribution < 1.29 is 0 Å². The Morgan fingerprint density at radius 1 is 0.909 bits per heavy atom. The smallest absolute Gasteiger partial charge is 0.161 e. The molecular weight excluding hydrogens is 292 g/mol. The van der Waals surface area contributed by atoms with Gasteiger partial charge in [-0.3, -0.25) is 0 Å². The van der Waals surface area contributed by atoms with E-state index in [1.54, 1.807) is 0 Å². The monoisotopic (exact) mass is 308 g/mol. The van der Waals surface area contributed by atoms with Gasteiger partial charge in [0.1, 0.15) is 5.15 Å². The topological polar surface area (TPSA) is 25.8 Å². The molecule has 2 nitrogen and oxygen atoms in total. The van der Waals surface area contributed by atoms with Crippen LogP contribution in [0.5, 0.6) is 0 Å². The van der Waals surface area contributed by atoms with Gasteiger partial charge >= 0.3 is 0 Å². The van der Waals surface area contributed by atoms with Gasteiger partial charge in [0.05, 0.1) is 0 Å². The number of hydrogen-bond donors (Lipinski definition) is 0. The van der Waals surface area contributed by atoms with Crippen LogP contribution >= 0.6 is 11.6 Å². The van der Waals surface area contributed by atoms with Gasteiger partial charge in [0.25, 0.3) is 0 Å². The number of aromatic nitrogens is 2. The molecule has 0 saturated carbocycles. The summed E-state index contributed by atoms with van der Waals surface area (Å²) in [6.07, 6.45) is 0.751. The fourth-order valence-electron chi connectivity index (χ4n) is 2.50. The highest BCUT2D eigenvalue weighted by molar-refractivity contribution is 6.30. The van der Waals surface area contributed by atoms with E-state index in [4.69, 9.17) is 11.6 Å². The molecule has 0 atom stereocenters. The van der Waals surface area contributed by atoms with Gasteiger partial charge in [0, 0.05) is 23.2 Å². The predicted octanol–water partition coefficient (Wildman–Crippen LogP) is 5.00. The average Bonchev–Trinajstić information content (AvgIpc) is 2.52. The molecule has 0 aliphatic rings. The van der Waals surface area contributed by atoms with Crippen LogP contribution in [0.4, 0.5) is 0 Å². The molecule has 3 aromatic rings. The summed E-state index contributed by atoms with van der Waals surface area (Å²) in [5, 5.41) is 0.535. The van der Waals surface area contributed by atoms with Crippen LogP contribution in [0.25, 0.3) is 11.4 Å². The van der Waals surface area contributed by atoms with E-state index in [9.17, 15) is 0 Å². The Hall–Kier alpha value is -2.19. The second-order valence-corrected chi connectivity index (χ2v) is 5.79. The third-order valence-electron chi connectivity index (χ3n) is 3.66. The molecule has 0 radical (unpaired) electrons. The van der Waals surface area contributed by atoms with E-state index >= 15 is 0 Å². The third-order valence-corrected chi connectivity index (χ3v) is 3.97. The number of halogens is 1. The quantitative estimate of drug-likeness (QED) is 0.636. The van der Waals surface area contributed by atoms with Crippen molar-refractivity contribution in [1.82, 2.24) is 9.97 Å². The Labute approximate surface area is 135 Å². The molecule has 0 saturated heterocycles. The maximum atomic E-state index is 6.42. The summed E-state index contributed by atoms with van der Waals surface area (Å²) in [5.74, 6) is 0.677. The molecule has 0 N–H and O–H groups in total. The lowest BCUT2D eigenvalue weighted by Gasteiger charge is -2.10. The van der Waals surface area contributed by atoms with Crippen molar-refractivity contribution in [3.05, 3.63) is 82.1 Å². The van der Waals surface area contributed by atoms with Crippen LogP contribution in [0.2, 0.25) is 5.15 Å². The first-order valence-corrected chi connectivity index (χ1v) is 7.65. The minimum atomic E-state index is 0.535. The molecule has 0 bridgehead atoms. The molecule has 22 heavy (non-hydrogen) atoms. The molecule has 3 heteroatoms. The van der Waals surface area contributed by atoms with Crippen molar-refractivity contribution in [3.63, 3.8) is 0 Å². The lowest BCUT2D eigenvalue weighted by atomic mass is 10.0. The SMILES string of the molecule is Cc1cccc(Cc2c(C)nc(-c3ccccc3)nc2Cl)c1. The Kier molecular flexibility index (Phi) is 4.21. The van der Waals surface area contributed by atoms with Crippen molar-refractivity contribution in [2.24, 2.45) is 0 Å². The molecule has 0 unspecified atom stereocenters. The minimum absolute atomic E-state index is 0.535. The third kappa shape index (κ3) is 3.18. The number of rotatable bonds is 3. The first-order valence-electron chi connectivity index (χ1n) is 7.27. The van der Waals surface area contributed by atoms with E-state index in [-0.39, 0.29) is 0 Å². The van der Waals surface area contributed by atoms with Crippen molar-refractivity contribution in [3.8, 4) is 11.4 Å². The number of benzene rings is 2. The lowest BCUT2D eigenvalue weighted by Crippen LogP contribution is -2.01. The highest BCUT2D eigenvalue weighted by atomic mass is 35.5. The fraction of sp³-hybridized carbons (Fsp3) is 0.158. The first-order chi connectivity index (χ1) is 10.6. The maximum Gasteiger partial charge on any atom is 0.161 e. The van der Waals surface area contributed by atoms with Crippen LogP contribution in [0.3, 0.4) is 0 Å². The van der Waals surface area contributed by atoms with Gasteiger partial charge in [-0.25, -0.2) is 9.97 Å². The van der Waals surface area contributed by atoms with Crippen molar-refractivity contribution >= 4 is 11.6 Å². The molecule has 0 aliphatic carbocycles. The molecule has 2 aromatic carbocycles. The van der Waals surface area contributed by atoms with Crippen LogP contribution in [0.15, 0.2) is 54.6 Å². The van der Waals surface area contributed by atoms with Gasteiger partial charge in [-0.05, 0) is 19.4 Å². The van der Waals surface area contributed by atoms with E-state index in [1.165, 1.54) is 11.1 Å². The molecule has 0 spiro atoms. The Morgan fingerprint density at radius 2 is 1.68 bits per heavy atom. The van der Waals surface area contributed by atoms with Crippen molar-refractivity contribution in [1.29, 1.82) is 0 Å². The zero-order chi connectivity index (χ0) is 15.5. The van der Waals surface area contributed by atoms with Gasteiger partial charge in [-0.1, -0.05) is 71.8 Å². The second kappa shape index (κ2) is 6.29. The van der Waals surface area contributed by atoms with E-state index in [0.717, 1.165) is 23.2 Å². The van der Waals surface area contributed by atoms with Crippen LogP contribution in [-0.4, -0.2) is 9.97 Å². The zero-order valence-electron chi connectivity index (χ0n) is 12.7. The molecule has 1 heterocycles. The zero-order valence-corrected chi connectivity index (χ0v) is 13.4. The van der Waals surface area contributed by atoms with Crippen LogP contribution in [0.1, 0.15) is 22.4 Å². The summed E-state index contributed by atoms with van der Waals surface area (Å²) < 4.78 is 0. The van der Waals surface area contributed by atoms with Gasteiger partial charge in [0.15, 0.2) is 5.82 Å². The summed E-state index contributed by atoms with van der Waals surface area (Å²) in [5.41, 5.74) is 5.37. The fourth-order valence-corrected chi connectivity index (χ4v) is 2.79. The van der Waals surface area contributed by atoms with Crippen LogP contribution in [-0.2, 0) is 6.42 Å². The molecule has 0 fully saturated rings. The van der Waals surface area contributed by atoms with Gasteiger partial charge in [-0.15, -0.1) is 0 Å². The highest BCUT2D eigenvalue weighted by Gasteiger charge is 2.12. The minimum Gasteiger partial charge on any atom is -0.233 e. The Bertz CT molecular complexity index is 775. The lowest BCUT2D eigenvalue weighted by molar-refractivity contribution is 1.02. The van der Waals surface area contributed by atoms with E-state index in [1.807, 2.05) is 37.3 Å². The second-order valence-electron chi connectivity index (χ2n) is 5.43. The van der Waals surface area contributed by atoms with Crippen molar-refractivity contribution in [2.75, 3.05) is 0 Å². The number of nitrogens with zero attached hydrogens (tertiary/aromatic N) is 2. The molecule has 0 aliphatic heterocycles. The van der Waals surface area contributed by atoms with Gasteiger partial charge in [-0.2, -0.15) is 0 Å². The number of aryl methyl sites for hydroxylation is 2. The Morgan fingerprint density at radius 3 is 2.36 bits per heavy atom. The predicted molar refractivity (Wildman–Crippen MR) is 91.2 cm³/mol. The van der Waals surface area contributed by atoms with E-state index < -0.39 is 0 Å². The largest absolute Gasteiger partial charge is 0.233 e. The van der Waals surface area contributed by atoms with Gasteiger partial charge in [0.2, 0.25) is 0 Å². The molecule has 1 aromatic heterocycles. The molecule has 0 amide bonds. The van der Waals surface area contributed by atoms with Crippen molar-refractivity contribution in [2.45, 2.75) is 20.3 Å². The summed E-state index contributed by atoms with van der Waals surface area (Å²) >= 11 is 6.42. The first kappa shape index (κ1) is 14.7. The summed E-state index contributed by atoms with van der Waals surface area (Å²) in [7, 11) is 0. The van der Waals surface area contributed by atoms with Crippen LogP contribution < -0.4 is 0 Å². The standard InChI is InChI=1S/C19H17ClN2/c1-13-7-6-8-15(11-13)12-17-14(2)21-19(22-18(17)20)16-9-4-3-5-10-16/h3-11H,12H2,1-2H3.